The first-order valence-electron chi connectivity index (χ1n) is 6.48. The van der Waals surface area contributed by atoms with E-state index in [4.69, 9.17) is 9.40 Å². The molecule has 2 aromatic heterocycles. The molecule has 1 aliphatic carbocycles. The molecule has 4 heteroatoms. The quantitative estimate of drug-likeness (QED) is 0.824. The molecular weight excluding hydrogens is 226 g/mol. The monoisotopic (exact) mass is 243 g/mol. The molecule has 0 radical (unpaired) electrons. The van der Waals surface area contributed by atoms with Gasteiger partial charge in [-0.05, 0) is 31.7 Å². The highest BCUT2D eigenvalue weighted by Crippen LogP contribution is 2.27. The van der Waals surface area contributed by atoms with Gasteiger partial charge in [0.05, 0.1) is 11.8 Å². The average molecular weight is 243 g/mol. The summed E-state index contributed by atoms with van der Waals surface area (Å²) in [7, 11) is 1.92. The summed E-state index contributed by atoms with van der Waals surface area (Å²) in [4.78, 5) is 9.32. The van der Waals surface area contributed by atoms with Crippen LogP contribution in [-0.2, 0) is 12.8 Å². The van der Waals surface area contributed by atoms with Crippen LogP contribution >= 0.6 is 0 Å². The normalized spacial score (nSPS) is 14.9. The van der Waals surface area contributed by atoms with Crippen molar-refractivity contribution in [2.24, 2.45) is 0 Å². The van der Waals surface area contributed by atoms with Crippen LogP contribution in [0.5, 0.6) is 0 Å². The second-order valence-corrected chi connectivity index (χ2v) is 4.64. The highest BCUT2D eigenvalue weighted by atomic mass is 16.3. The van der Waals surface area contributed by atoms with E-state index in [9.17, 15) is 0 Å². The lowest BCUT2D eigenvalue weighted by Gasteiger charge is -2.12. The van der Waals surface area contributed by atoms with Gasteiger partial charge in [-0.3, -0.25) is 0 Å². The molecular formula is C14H17N3O. The first-order valence-corrected chi connectivity index (χ1v) is 6.48. The molecule has 0 aliphatic heterocycles. The summed E-state index contributed by atoms with van der Waals surface area (Å²) in [5.41, 5.74) is 3.43. The van der Waals surface area contributed by atoms with Gasteiger partial charge in [-0.1, -0.05) is 6.42 Å². The third-order valence-electron chi connectivity index (χ3n) is 3.45. The second kappa shape index (κ2) is 4.80. The SMILES string of the molecule is CNc1nc(-c2ccoc2)nc2c1CCCCC2. The van der Waals surface area contributed by atoms with Gasteiger partial charge in [-0.25, -0.2) is 9.97 Å². The number of fused-ring (bicyclic) bond motifs is 1. The van der Waals surface area contributed by atoms with E-state index in [1.54, 1.807) is 12.5 Å². The summed E-state index contributed by atoms with van der Waals surface area (Å²) >= 11 is 0. The number of hydrogen-bond acceptors (Lipinski definition) is 4. The van der Waals surface area contributed by atoms with Gasteiger partial charge >= 0.3 is 0 Å². The Balaban J connectivity index is 2.10. The Labute approximate surface area is 106 Å². The molecule has 0 aromatic carbocycles. The Bertz CT molecular complexity index is 534. The van der Waals surface area contributed by atoms with Crippen molar-refractivity contribution < 1.29 is 4.42 Å². The van der Waals surface area contributed by atoms with E-state index in [2.05, 4.69) is 10.3 Å². The maximum Gasteiger partial charge on any atom is 0.165 e. The van der Waals surface area contributed by atoms with Crippen molar-refractivity contribution in [1.29, 1.82) is 0 Å². The molecule has 0 atom stereocenters. The molecule has 0 spiro atoms. The number of furan rings is 1. The zero-order valence-corrected chi connectivity index (χ0v) is 10.6. The van der Waals surface area contributed by atoms with Crippen molar-refractivity contribution in [1.82, 2.24) is 9.97 Å². The number of anilines is 1. The topological polar surface area (TPSA) is 51.0 Å². The fourth-order valence-corrected chi connectivity index (χ4v) is 2.50. The molecule has 2 heterocycles. The molecule has 0 saturated heterocycles. The molecule has 0 fully saturated rings. The number of nitrogens with one attached hydrogen (secondary N) is 1. The van der Waals surface area contributed by atoms with Crippen molar-refractivity contribution in [2.45, 2.75) is 32.1 Å². The van der Waals surface area contributed by atoms with E-state index in [0.717, 1.165) is 30.0 Å². The van der Waals surface area contributed by atoms with Crippen LogP contribution < -0.4 is 5.32 Å². The van der Waals surface area contributed by atoms with Crippen molar-refractivity contribution >= 4 is 5.82 Å². The minimum atomic E-state index is 0.758. The second-order valence-electron chi connectivity index (χ2n) is 4.64. The van der Waals surface area contributed by atoms with Crippen molar-refractivity contribution in [2.75, 3.05) is 12.4 Å². The Morgan fingerprint density at radius 1 is 1.17 bits per heavy atom. The summed E-state index contributed by atoms with van der Waals surface area (Å²) < 4.78 is 5.11. The lowest BCUT2D eigenvalue weighted by atomic mass is 10.1. The lowest BCUT2D eigenvalue weighted by Crippen LogP contribution is -2.06. The summed E-state index contributed by atoms with van der Waals surface area (Å²) in [6.45, 7) is 0. The minimum absolute atomic E-state index is 0.758. The van der Waals surface area contributed by atoms with Gasteiger partial charge in [0.1, 0.15) is 12.1 Å². The Morgan fingerprint density at radius 3 is 2.83 bits per heavy atom. The number of hydrogen-bond donors (Lipinski definition) is 1. The standard InChI is InChI=1S/C14H17N3O/c1-15-14-11-5-3-2-4-6-12(11)16-13(17-14)10-7-8-18-9-10/h7-9H,2-6H2,1H3,(H,15,16,17). The van der Waals surface area contributed by atoms with E-state index in [-0.39, 0.29) is 0 Å². The van der Waals surface area contributed by atoms with E-state index < -0.39 is 0 Å². The van der Waals surface area contributed by atoms with Crippen LogP contribution in [-0.4, -0.2) is 17.0 Å². The van der Waals surface area contributed by atoms with Crippen LogP contribution in [0.1, 0.15) is 30.5 Å². The predicted octanol–water partition coefficient (Wildman–Crippen LogP) is 3.05. The third kappa shape index (κ3) is 1.98. The minimum Gasteiger partial charge on any atom is -0.472 e. The Kier molecular flexibility index (Phi) is 3.00. The number of aryl methyl sites for hydroxylation is 1. The van der Waals surface area contributed by atoms with Crippen LogP contribution in [0.2, 0.25) is 0 Å². The van der Waals surface area contributed by atoms with Gasteiger partial charge in [0.25, 0.3) is 0 Å². The van der Waals surface area contributed by atoms with Crippen molar-refractivity contribution in [3.05, 3.63) is 29.9 Å². The van der Waals surface area contributed by atoms with Gasteiger partial charge in [-0.15, -0.1) is 0 Å². The highest BCUT2D eigenvalue weighted by Gasteiger charge is 2.17. The van der Waals surface area contributed by atoms with Gasteiger partial charge in [0.15, 0.2) is 5.82 Å². The van der Waals surface area contributed by atoms with Crippen molar-refractivity contribution in [3.63, 3.8) is 0 Å². The number of nitrogens with zero attached hydrogens (tertiary/aromatic N) is 2. The Morgan fingerprint density at radius 2 is 2.06 bits per heavy atom. The fraction of sp³-hybridized carbons (Fsp3) is 0.429. The molecule has 2 aromatic rings. The molecule has 0 unspecified atom stereocenters. The van der Waals surface area contributed by atoms with Gasteiger partial charge in [0.2, 0.25) is 0 Å². The predicted molar refractivity (Wildman–Crippen MR) is 70.5 cm³/mol. The van der Waals surface area contributed by atoms with E-state index in [1.807, 2.05) is 13.1 Å². The molecule has 0 amide bonds. The number of aromatic nitrogens is 2. The van der Waals surface area contributed by atoms with Gasteiger partial charge in [0, 0.05) is 18.3 Å². The third-order valence-corrected chi connectivity index (χ3v) is 3.45. The lowest BCUT2D eigenvalue weighted by molar-refractivity contribution is 0.568. The fourth-order valence-electron chi connectivity index (χ4n) is 2.50. The van der Waals surface area contributed by atoms with Crippen LogP contribution in [0.3, 0.4) is 0 Å². The molecule has 94 valence electrons. The molecule has 18 heavy (non-hydrogen) atoms. The maximum atomic E-state index is 5.11. The summed E-state index contributed by atoms with van der Waals surface area (Å²) in [5, 5.41) is 3.20. The average Bonchev–Trinajstić information content (AvgIpc) is 2.83. The summed E-state index contributed by atoms with van der Waals surface area (Å²) in [6.07, 6.45) is 9.21. The van der Waals surface area contributed by atoms with Crippen LogP contribution in [0, 0.1) is 0 Å². The maximum absolute atomic E-state index is 5.11. The summed E-state index contributed by atoms with van der Waals surface area (Å²) in [6, 6.07) is 1.90. The van der Waals surface area contributed by atoms with Crippen LogP contribution in [0.25, 0.3) is 11.4 Å². The van der Waals surface area contributed by atoms with Gasteiger partial charge in [-0.2, -0.15) is 0 Å². The number of rotatable bonds is 2. The molecule has 1 N–H and O–H groups in total. The zero-order valence-electron chi connectivity index (χ0n) is 10.6. The largest absolute Gasteiger partial charge is 0.472 e. The highest BCUT2D eigenvalue weighted by molar-refractivity contribution is 5.58. The van der Waals surface area contributed by atoms with E-state index in [0.29, 0.717) is 0 Å². The molecule has 1 aliphatic rings. The van der Waals surface area contributed by atoms with Crippen LogP contribution in [0.4, 0.5) is 5.82 Å². The van der Waals surface area contributed by atoms with Crippen molar-refractivity contribution in [3.8, 4) is 11.4 Å². The summed E-state index contributed by atoms with van der Waals surface area (Å²) in [5.74, 6) is 1.73. The first kappa shape index (κ1) is 11.3. The van der Waals surface area contributed by atoms with E-state index >= 15 is 0 Å². The molecule has 3 rings (SSSR count). The van der Waals surface area contributed by atoms with Crippen LogP contribution in [0.15, 0.2) is 23.0 Å². The first-order chi connectivity index (χ1) is 8.88. The molecule has 4 nitrogen and oxygen atoms in total. The Hall–Kier alpha value is -1.84. The molecule has 0 bridgehead atoms. The van der Waals surface area contributed by atoms with Gasteiger partial charge < -0.3 is 9.73 Å². The smallest absolute Gasteiger partial charge is 0.165 e. The molecule has 0 saturated carbocycles. The van der Waals surface area contributed by atoms with E-state index in [1.165, 1.54) is 30.5 Å². The zero-order chi connectivity index (χ0) is 12.4.